The van der Waals surface area contributed by atoms with Crippen LogP contribution in [-0.2, 0) is 0 Å². The summed E-state index contributed by atoms with van der Waals surface area (Å²) in [5.41, 5.74) is 7.62. The summed E-state index contributed by atoms with van der Waals surface area (Å²) in [5.74, 6) is 0. The van der Waals surface area contributed by atoms with Crippen molar-refractivity contribution in [3.8, 4) is 11.1 Å². The Morgan fingerprint density at radius 1 is 0.952 bits per heavy atom. The fraction of sp³-hybridized carbons (Fsp3) is 0.421. The van der Waals surface area contributed by atoms with Crippen molar-refractivity contribution < 1.29 is 0 Å². The van der Waals surface area contributed by atoms with Crippen molar-refractivity contribution >= 4 is 5.69 Å². The van der Waals surface area contributed by atoms with Gasteiger partial charge in [-0.2, -0.15) is 0 Å². The Morgan fingerprint density at radius 2 is 1.71 bits per heavy atom. The van der Waals surface area contributed by atoms with E-state index in [1.807, 2.05) is 6.20 Å². The molecule has 0 amide bonds. The molecule has 2 nitrogen and oxygen atoms in total. The maximum atomic E-state index is 4.66. The molecular weight excluding hydrogens is 256 g/mol. The molecule has 1 saturated heterocycles. The van der Waals surface area contributed by atoms with Crippen LogP contribution in [0.1, 0.15) is 36.1 Å². The van der Waals surface area contributed by atoms with Crippen molar-refractivity contribution in [3.63, 3.8) is 0 Å². The highest BCUT2D eigenvalue weighted by molar-refractivity contribution is 5.71. The van der Waals surface area contributed by atoms with Crippen LogP contribution in [0.15, 0.2) is 30.5 Å². The molecule has 0 aliphatic carbocycles. The Bertz CT molecular complexity index is 640. The first kappa shape index (κ1) is 14.1. The third-order valence-corrected chi connectivity index (χ3v) is 4.46. The average Bonchev–Trinajstić information content (AvgIpc) is 2.51. The number of hydrogen-bond acceptors (Lipinski definition) is 2. The second-order valence-electron chi connectivity index (χ2n) is 6.19. The van der Waals surface area contributed by atoms with Gasteiger partial charge in [-0.05, 0) is 57.2 Å². The Balaban J connectivity index is 2.02. The molecule has 0 saturated carbocycles. The smallest absolute Gasteiger partial charge is 0.0606 e. The van der Waals surface area contributed by atoms with Crippen molar-refractivity contribution in [2.75, 3.05) is 18.0 Å². The highest BCUT2D eigenvalue weighted by atomic mass is 15.1. The highest BCUT2D eigenvalue weighted by Crippen LogP contribution is 2.30. The lowest BCUT2D eigenvalue weighted by atomic mass is 9.98. The molecule has 2 aromatic rings. The molecule has 3 rings (SSSR count). The molecule has 0 atom stereocenters. The van der Waals surface area contributed by atoms with E-state index in [0.29, 0.717) is 0 Å². The first-order chi connectivity index (χ1) is 10.1. The van der Waals surface area contributed by atoms with Crippen LogP contribution in [0.5, 0.6) is 0 Å². The zero-order chi connectivity index (χ0) is 14.8. The number of anilines is 1. The number of nitrogens with zero attached hydrogens (tertiary/aromatic N) is 2. The summed E-state index contributed by atoms with van der Waals surface area (Å²) < 4.78 is 0. The highest BCUT2D eigenvalue weighted by Gasteiger charge is 2.15. The molecule has 1 aliphatic rings. The summed E-state index contributed by atoms with van der Waals surface area (Å²) in [6.45, 7) is 8.78. The van der Waals surface area contributed by atoms with E-state index in [9.17, 15) is 0 Å². The average molecular weight is 280 g/mol. The van der Waals surface area contributed by atoms with Gasteiger partial charge in [0, 0.05) is 24.8 Å². The summed E-state index contributed by atoms with van der Waals surface area (Å²) in [4.78, 5) is 7.16. The Hall–Kier alpha value is -1.83. The van der Waals surface area contributed by atoms with E-state index in [2.05, 4.69) is 54.9 Å². The van der Waals surface area contributed by atoms with Crippen LogP contribution in [-0.4, -0.2) is 18.1 Å². The number of rotatable bonds is 2. The molecule has 0 bridgehead atoms. The van der Waals surface area contributed by atoms with Crippen molar-refractivity contribution in [1.82, 2.24) is 4.98 Å². The number of hydrogen-bond donors (Lipinski definition) is 0. The second kappa shape index (κ2) is 5.88. The largest absolute Gasteiger partial charge is 0.370 e. The molecule has 1 aromatic heterocycles. The summed E-state index contributed by atoms with van der Waals surface area (Å²) in [6.07, 6.45) is 5.98. The van der Waals surface area contributed by atoms with Gasteiger partial charge in [-0.25, -0.2) is 0 Å². The van der Waals surface area contributed by atoms with Crippen LogP contribution in [0.4, 0.5) is 5.69 Å². The number of aromatic nitrogens is 1. The molecule has 21 heavy (non-hydrogen) atoms. The lowest BCUT2D eigenvalue weighted by Crippen LogP contribution is -2.30. The maximum Gasteiger partial charge on any atom is 0.0606 e. The van der Waals surface area contributed by atoms with E-state index in [1.165, 1.54) is 60.3 Å². The van der Waals surface area contributed by atoms with Gasteiger partial charge in [0.2, 0.25) is 0 Å². The molecule has 0 unspecified atom stereocenters. The van der Waals surface area contributed by atoms with Crippen molar-refractivity contribution in [3.05, 3.63) is 47.3 Å². The van der Waals surface area contributed by atoms with Gasteiger partial charge >= 0.3 is 0 Å². The van der Waals surface area contributed by atoms with E-state index >= 15 is 0 Å². The number of pyridine rings is 1. The van der Waals surface area contributed by atoms with Crippen LogP contribution >= 0.6 is 0 Å². The molecule has 1 aliphatic heterocycles. The van der Waals surface area contributed by atoms with Crippen LogP contribution in [0, 0.1) is 20.8 Å². The van der Waals surface area contributed by atoms with Gasteiger partial charge in [0.05, 0.1) is 11.4 Å². The van der Waals surface area contributed by atoms with Gasteiger partial charge in [-0.1, -0.05) is 23.8 Å². The molecule has 0 radical (unpaired) electrons. The Labute approximate surface area is 127 Å². The number of benzene rings is 1. The normalized spacial score (nSPS) is 15.3. The molecule has 2 heterocycles. The van der Waals surface area contributed by atoms with Crippen molar-refractivity contribution in [2.24, 2.45) is 0 Å². The van der Waals surface area contributed by atoms with Crippen LogP contribution in [0.2, 0.25) is 0 Å². The fourth-order valence-corrected chi connectivity index (χ4v) is 3.17. The van der Waals surface area contributed by atoms with Gasteiger partial charge < -0.3 is 4.90 Å². The lowest BCUT2D eigenvalue weighted by Gasteiger charge is -2.30. The van der Waals surface area contributed by atoms with Crippen molar-refractivity contribution in [1.29, 1.82) is 0 Å². The minimum atomic E-state index is 1.14. The monoisotopic (exact) mass is 280 g/mol. The first-order valence-corrected chi connectivity index (χ1v) is 7.94. The van der Waals surface area contributed by atoms with Gasteiger partial charge in [-0.15, -0.1) is 0 Å². The SMILES string of the molecule is Cc1ccc(C)c(-c2cnc(C)c(N3CCCCC3)c2)c1. The predicted octanol–water partition coefficient (Wildman–Crippen LogP) is 4.66. The quantitative estimate of drug-likeness (QED) is 0.795. The van der Waals surface area contributed by atoms with E-state index in [0.717, 1.165) is 5.69 Å². The third kappa shape index (κ3) is 2.94. The zero-order valence-electron chi connectivity index (χ0n) is 13.3. The molecule has 110 valence electrons. The molecule has 0 spiro atoms. The lowest BCUT2D eigenvalue weighted by molar-refractivity contribution is 0.576. The summed E-state index contributed by atoms with van der Waals surface area (Å²) in [7, 11) is 0. The minimum Gasteiger partial charge on any atom is -0.370 e. The van der Waals surface area contributed by atoms with Crippen LogP contribution in [0.3, 0.4) is 0 Å². The summed E-state index contributed by atoms with van der Waals surface area (Å²) in [6, 6.07) is 8.97. The summed E-state index contributed by atoms with van der Waals surface area (Å²) in [5, 5.41) is 0. The number of aryl methyl sites for hydroxylation is 3. The first-order valence-electron chi connectivity index (χ1n) is 7.94. The molecule has 1 aromatic carbocycles. The van der Waals surface area contributed by atoms with Gasteiger partial charge in [-0.3, -0.25) is 4.98 Å². The zero-order valence-corrected chi connectivity index (χ0v) is 13.3. The Morgan fingerprint density at radius 3 is 2.48 bits per heavy atom. The minimum absolute atomic E-state index is 1.14. The molecule has 1 fully saturated rings. The number of piperidine rings is 1. The van der Waals surface area contributed by atoms with Crippen LogP contribution in [0.25, 0.3) is 11.1 Å². The Kier molecular flexibility index (Phi) is 3.96. The second-order valence-corrected chi connectivity index (χ2v) is 6.19. The summed E-state index contributed by atoms with van der Waals surface area (Å²) >= 11 is 0. The van der Waals surface area contributed by atoms with Gasteiger partial charge in [0.1, 0.15) is 0 Å². The van der Waals surface area contributed by atoms with Crippen molar-refractivity contribution in [2.45, 2.75) is 40.0 Å². The fourth-order valence-electron chi connectivity index (χ4n) is 3.17. The topological polar surface area (TPSA) is 16.1 Å². The standard InChI is InChI=1S/C19H24N2/c1-14-7-8-15(2)18(11-14)17-12-19(16(3)20-13-17)21-9-5-4-6-10-21/h7-8,11-13H,4-6,9-10H2,1-3H3. The van der Waals surface area contributed by atoms with E-state index < -0.39 is 0 Å². The molecule has 0 N–H and O–H groups in total. The molecule has 2 heteroatoms. The van der Waals surface area contributed by atoms with E-state index in [4.69, 9.17) is 0 Å². The van der Waals surface area contributed by atoms with Crippen LogP contribution < -0.4 is 4.90 Å². The van der Waals surface area contributed by atoms with E-state index in [1.54, 1.807) is 0 Å². The van der Waals surface area contributed by atoms with Gasteiger partial charge in [0.25, 0.3) is 0 Å². The van der Waals surface area contributed by atoms with E-state index in [-0.39, 0.29) is 0 Å². The maximum absolute atomic E-state index is 4.66. The molecular formula is C19H24N2. The predicted molar refractivity (Wildman–Crippen MR) is 89.9 cm³/mol. The third-order valence-electron chi connectivity index (χ3n) is 4.46. The van der Waals surface area contributed by atoms with Gasteiger partial charge in [0.15, 0.2) is 0 Å².